The molecule has 0 aliphatic heterocycles. The highest BCUT2D eigenvalue weighted by molar-refractivity contribution is 6.76. The Hall–Kier alpha value is -1.43. The van der Waals surface area contributed by atoms with Gasteiger partial charge in [-0.1, -0.05) is 32.6 Å². The van der Waals surface area contributed by atoms with Gasteiger partial charge in [-0.05, 0) is 37.1 Å². The van der Waals surface area contributed by atoms with Crippen molar-refractivity contribution < 1.29 is 13.5 Å². The van der Waals surface area contributed by atoms with Gasteiger partial charge in [0.25, 0.3) is 0 Å². The van der Waals surface area contributed by atoms with Crippen LogP contribution in [-0.2, 0) is 0 Å². The number of hydrogen-bond donors (Lipinski definition) is 0. The third kappa shape index (κ3) is 7.90. The minimum atomic E-state index is -2.71. The number of ether oxygens (including phenoxy) is 1. The molecule has 136 valence electrons. The highest BCUT2D eigenvalue weighted by atomic mass is 28.3. The zero-order valence-corrected chi connectivity index (χ0v) is 16.5. The third-order valence-corrected chi connectivity index (χ3v) is 5.45. The van der Waals surface area contributed by atoms with E-state index in [4.69, 9.17) is 4.74 Å². The van der Waals surface area contributed by atoms with Gasteiger partial charge in [0.1, 0.15) is 11.6 Å². The van der Waals surface area contributed by atoms with Crippen LogP contribution in [0.25, 0.3) is 0 Å². The molecule has 6 heteroatoms. The Morgan fingerprint density at radius 1 is 1.21 bits per heavy atom. The smallest absolute Gasteiger partial charge is 0.333 e. The third-order valence-electron chi connectivity index (χ3n) is 3.59. The summed E-state index contributed by atoms with van der Waals surface area (Å²) in [6.45, 7) is 7.71. The Morgan fingerprint density at radius 2 is 1.83 bits per heavy atom. The molecule has 0 atom stereocenters. The number of nitrogens with zero attached hydrogens (tertiary/aromatic N) is 2. The minimum Gasteiger partial charge on any atom is -0.494 e. The molecule has 24 heavy (non-hydrogen) atoms. The van der Waals surface area contributed by atoms with Crippen LogP contribution in [0.5, 0.6) is 5.75 Å². The van der Waals surface area contributed by atoms with E-state index in [-0.39, 0.29) is 0 Å². The predicted molar refractivity (Wildman–Crippen MR) is 100 cm³/mol. The zero-order chi connectivity index (χ0) is 18.2. The van der Waals surface area contributed by atoms with E-state index in [1.165, 1.54) is 6.04 Å². The Kier molecular flexibility index (Phi) is 8.39. The molecule has 0 aliphatic carbocycles. The Morgan fingerprint density at radius 3 is 2.33 bits per heavy atom. The maximum absolute atomic E-state index is 12.7. The van der Waals surface area contributed by atoms with Crippen molar-refractivity contribution in [2.75, 3.05) is 20.2 Å². The molecule has 0 spiro atoms. The van der Waals surface area contributed by atoms with E-state index >= 15 is 0 Å². The zero-order valence-electron chi connectivity index (χ0n) is 15.5. The molecule has 1 aromatic carbocycles. The monoisotopic (exact) mass is 356 g/mol. The van der Waals surface area contributed by atoms with Crippen molar-refractivity contribution in [3.05, 3.63) is 29.8 Å². The van der Waals surface area contributed by atoms with Crippen LogP contribution in [0.15, 0.2) is 29.3 Å². The topological polar surface area (TPSA) is 24.8 Å². The number of alkyl halides is 2. The van der Waals surface area contributed by atoms with Gasteiger partial charge in [-0.15, -0.1) is 0 Å². The first-order chi connectivity index (χ1) is 11.2. The van der Waals surface area contributed by atoms with E-state index in [2.05, 4.69) is 24.6 Å². The second kappa shape index (κ2) is 9.76. The van der Waals surface area contributed by atoms with Gasteiger partial charge in [-0.25, -0.2) is 4.99 Å². The summed E-state index contributed by atoms with van der Waals surface area (Å²) in [6, 6.07) is 8.47. The van der Waals surface area contributed by atoms with Crippen molar-refractivity contribution in [1.82, 2.24) is 4.90 Å². The van der Waals surface area contributed by atoms with E-state index in [0.29, 0.717) is 24.6 Å². The molecule has 0 aromatic heterocycles. The molecule has 0 amide bonds. The van der Waals surface area contributed by atoms with E-state index in [1.807, 2.05) is 19.1 Å². The minimum absolute atomic E-state index is 0.317. The summed E-state index contributed by atoms with van der Waals surface area (Å²) in [4.78, 5) is 5.23. The van der Waals surface area contributed by atoms with Gasteiger partial charge in [0, 0.05) is 27.2 Å². The molecule has 0 saturated carbocycles. The number of benzene rings is 1. The number of rotatable bonds is 9. The van der Waals surface area contributed by atoms with Crippen LogP contribution < -0.4 is 4.74 Å². The molecule has 0 unspecified atom stereocenters. The van der Waals surface area contributed by atoms with E-state index in [1.54, 1.807) is 24.1 Å². The Labute approximate surface area is 145 Å². The van der Waals surface area contributed by atoms with Crippen LogP contribution in [0, 0.1) is 0 Å². The van der Waals surface area contributed by atoms with Crippen molar-refractivity contribution in [2.45, 2.75) is 52.0 Å². The van der Waals surface area contributed by atoms with Crippen LogP contribution in [0.1, 0.15) is 25.3 Å². The Balaban J connectivity index is 2.69. The quantitative estimate of drug-likeness (QED) is 0.202. The summed E-state index contributed by atoms with van der Waals surface area (Å²) in [5, 5.41) is 0. The van der Waals surface area contributed by atoms with Crippen molar-refractivity contribution in [3.63, 3.8) is 0 Å². The average Bonchev–Trinajstić information content (AvgIpc) is 2.49. The van der Waals surface area contributed by atoms with E-state index in [9.17, 15) is 8.78 Å². The van der Waals surface area contributed by atoms with Crippen molar-refractivity contribution >= 4 is 13.9 Å². The first kappa shape index (κ1) is 20.6. The predicted octanol–water partition coefficient (Wildman–Crippen LogP) is 5.10. The standard InChI is InChI=1S/C18H30F2N2OSi/c1-6-12-22(2)17(21-18(19)20)15-8-10-16(11-9-15)23-13-7-14-24(3,4)5/h8-11,18H,6-7,12-14H2,1-5H3. The first-order valence-electron chi connectivity index (χ1n) is 8.53. The van der Waals surface area contributed by atoms with E-state index in [0.717, 1.165) is 18.6 Å². The van der Waals surface area contributed by atoms with Gasteiger partial charge in [-0.2, -0.15) is 8.78 Å². The summed E-state index contributed by atoms with van der Waals surface area (Å²) >= 11 is 0. The van der Waals surface area contributed by atoms with Gasteiger partial charge >= 0.3 is 6.55 Å². The molecule has 1 aromatic rings. The second-order valence-electron chi connectivity index (χ2n) is 7.19. The molecule has 0 aliphatic rings. The lowest BCUT2D eigenvalue weighted by Gasteiger charge is -2.21. The molecule has 0 fully saturated rings. The highest BCUT2D eigenvalue weighted by Gasteiger charge is 2.13. The van der Waals surface area contributed by atoms with Crippen LogP contribution in [-0.4, -0.2) is 45.6 Å². The normalized spacial score (nSPS) is 12.6. The fraction of sp³-hybridized carbons (Fsp3) is 0.611. The van der Waals surface area contributed by atoms with Crippen LogP contribution in [0.4, 0.5) is 8.78 Å². The Bertz CT molecular complexity index is 513. The lowest BCUT2D eigenvalue weighted by Crippen LogP contribution is -2.29. The summed E-state index contributed by atoms with van der Waals surface area (Å²) in [6.07, 6.45) is 1.92. The average molecular weight is 357 g/mol. The number of hydrogen-bond acceptors (Lipinski definition) is 2. The SMILES string of the molecule is CCCN(C)C(=NC(F)F)c1ccc(OCCC[Si](C)(C)C)cc1. The molecule has 0 N–H and O–H groups in total. The molecule has 0 saturated heterocycles. The van der Waals surface area contributed by atoms with Crippen LogP contribution >= 0.6 is 0 Å². The summed E-state index contributed by atoms with van der Waals surface area (Å²) in [5.41, 5.74) is 0.681. The fourth-order valence-corrected chi connectivity index (χ4v) is 3.62. The maximum atomic E-state index is 12.7. The maximum Gasteiger partial charge on any atom is 0.333 e. The van der Waals surface area contributed by atoms with Gasteiger partial charge in [0.15, 0.2) is 0 Å². The summed E-state index contributed by atoms with van der Waals surface area (Å²) in [7, 11) is 0.755. The first-order valence-corrected chi connectivity index (χ1v) is 12.2. The summed E-state index contributed by atoms with van der Waals surface area (Å²) < 4.78 is 31.2. The number of aliphatic imine (C=N–C) groups is 1. The van der Waals surface area contributed by atoms with Crippen molar-refractivity contribution in [3.8, 4) is 5.75 Å². The highest BCUT2D eigenvalue weighted by Crippen LogP contribution is 2.17. The molecular weight excluding hydrogens is 326 g/mol. The van der Waals surface area contributed by atoms with Gasteiger partial charge in [0.05, 0.1) is 6.61 Å². The second-order valence-corrected chi connectivity index (χ2v) is 12.8. The number of halogens is 2. The molecule has 1 rings (SSSR count). The summed E-state index contributed by atoms with van der Waals surface area (Å²) in [5.74, 6) is 1.08. The molecular formula is C18H30F2N2OSi. The fourth-order valence-electron chi connectivity index (χ4n) is 2.42. The number of amidine groups is 1. The molecule has 3 nitrogen and oxygen atoms in total. The van der Waals surface area contributed by atoms with Crippen LogP contribution in [0.2, 0.25) is 25.7 Å². The van der Waals surface area contributed by atoms with Gasteiger partial charge in [-0.3, -0.25) is 0 Å². The van der Waals surface area contributed by atoms with Crippen LogP contribution in [0.3, 0.4) is 0 Å². The van der Waals surface area contributed by atoms with E-state index < -0.39 is 14.6 Å². The molecule has 0 radical (unpaired) electrons. The largest absolute Gasteiger partial charge is 0.494 e. The molecule has 0 bridgehead atoms. The van der Waals surface area contributed by atoms with Gasteiger partial charge in [0.2, 0.25) is 0 Å². The lowest BCUT2D eigenvalue weighted by molar-refractivity contribution is 0.158. The van der Waals surface area contributed by atoms with Crippen molar-refractivity contribution in [2.24, 2.45) is 4.99 Å². The van der Waals surface area contributed by atoms with Gasteiger partial charge < -0.3 is 9.64 Å². The molecule has 0 heterocycles. The van der Waals surface area contributed by atoms with Crippen molar-refractivity contribution in [1.29, 1.82) is 0 Å². The lowest BCUT2D eigenvalue weighted by atomic mass is 10.2.